The number of anilines is 3. The molecule has 1 atom stereocenters. The Bertz CT molecular complexity index is 891. The van der Waals surface area contributed by atoms with Crippen molar-refractivity contribution in [1.82, 2.24) is 4.90 Å². The summed E-state index contributed by atoms with van der Waals surface area (Å²) in [6.45, 7) is 12.3. The molecule has 0 saturated carbocycles. The predicted molar refractivity (Wildman–Crippen MR) is 127 cm³/mol. The molecule has 1 fully saturated rings. The Morgan fingerprint density at radius 1 is 1.03 bits per heavy atom. The topological polar surface area (TPSA) is 56.8 Å². The third kappa shape index (κ3) is 5.20. The van der Waals surface area contributed by atoms with E-state index in [1.165, 1.54) is 16.8 Å². The molecule has 6 heteroatoms. The van der Waals surface area contributed by atoms with Crippen molar-refractivity contribution in [1.29, 1.82) is 0 Å². The molecule has 0 aliphatic carbocycles. The maximum atomic E-state index is 12.5. The smallest absolute Gasteiger partial charge is 0.243 e. The number of nitrogens with one attached hydrogen (secondary N) is 2. The second-order valence-corrected chi connectivity index (χ2v) is 8.88. The fraction of sp³-hybridized carbons (Fsp3) is 0.480. The molecule has 2 aliphatic rings. The summed E-state index contributed by atoms with van der Waals surface area (Å²) in [5.41, 5.74) is 5.72. The number of hydrogen-bond acceptors (Lipinski definition) is 5. The summed E-state index contributed by atoms with van der Waals surface area (Å²) in [4.78, 5) is 17.3. The molecular weight excluding hydrogens is 388 g/mol. The van der Waals surface area contributed by atoms with Crippen molar-refractivity contribution in [2.45, 2.75) is 39.9 Å². The number of carbonyl (C=O) groups is 1. The number of carbonyl (C=O) groups excluding carboxylic acids is 1. The summed E-state index contributed by atoms with van der Waals surface area (Å²) < 4.78 is 5.41. The highest BCUT2D eigenvalue weighted by Gasteiger charge is 2.26. The number of fused-ring (bicyclic) bond motifs is 1. The van der Waals surface area contributed by atoms with Crippen molar-refractivity contribution < 1.29 is 9.53 Å². The first-order valence-electron chi connectivity index (χ1n) is 11.3. The predicted octanol–water partition coefficient (Wildman–Crippen LogP) is 3.93. The molecule has 0 aromatic heterocycles. The summed E-state index contributed by atoms with van der Waals surface area (Å²) in [6, 6.07) is 14.9. The lowest BCUT2D eigenvalue weighted by atomic mass is 10.1. The van der Waals surface area contributed by atoms with Gasteiger partial charge in [0.2, 0.25) is 5.91 Å². The van der Waals surface area contributed by atoms with Gasteiger partial charge in [-0.05, 0) is 54.3 Å². The Hall–Kier alpha value is -2.57. The van der Waals surface area contributed by atoms with Crippen LogP contribution in [0.2, 0.25) is 0 Å². The number of benzene rings is 2. The molecule has 0 spiro atoms. The van der Waals surface area contributed by atoms with Gasteiger partial charge in [-0.1, -0.05) is 26.0 Å². The molecule has 6 nitrogen and oxygen atoms in total. The first-order chi connectivity index (χ1) is 15.0. The summed E-state index contributed by atoms with van der Waals surface area (Å²) in [6.07, 6.45) is 0. The van der Waals surface area contributed by atoms with E-state index in [0.717, 1.165) is 50.8 Å². The van der Waals surface area contributed by atoms with Crippen LogP contribution in [-0.2, 0) is 22.6 Å². The molecule has 2 aliphatic heterocycles. The van der Waals surface area contributed by atoms with E-state index in [4.69, 9.17) is 4.74 Å². The van der Waals surface area contributed by atoms with Gasteiger partial charge < -0.3 is 20.3 Å². The number of hydrogen-bond donors (Lipinski definition) is 2. The zero-order valence-electron chi connectivity index (χ0n) is 18.9. The third-order valence-corrected chi connectivity index (χ3v) is 6.52. The summed E-state index contributed by atoms with van der Waals surface area (Å²) in [5.74, 6) is 0.577. The fourth-order valence-electron chi connectivity index (χ4n) is 4.28. The van der Waals surface area contributed by atoms with Gasteiger partial charge in [-0.15, -0.1) is 0 Å². The zero-order chi connectivity index (χ0) is 21.8. The van der Waals surface area contributed by atoms with E-state index >= 15 is 0 Å². The highest BCUT2D eigenvalue weighted by molar-refractivity contribution is 5.94. The first-order valence-corrected chi connectivity index (χ1v) is 11.3. The van der Waals surface area contributed by atoms with Crippen LogP contribution in [0, 0.1) is 5.92 Å². The largest absolute Gasteiger partial charge is 0.378 e. The average molecular weight is 423 g/mol. The number of ether oxygens (including phenoxy) is 1. The second kappa shape index (κ2) is 9.71. The number of rotatable bonds is 7. The Morgan fingerprint density at radius 2 is 1.77 bits per heavy atom. The van der Waals surface area contributed by atoms with E-state index < -0.39 is 0 Å². The van der Waals surface area contributed by atoms with E-state index in [0.29, 0.717) is 12.0 Å². The fourth-order valence-corrected chi connectivity index (χ4v) is 4.28. The normalized spacial score (nSPS) is 17.5. The van der Waals surface area contributed by atoms with Crippen LogP contribution in [-0.4, -0.2) is 49.7 Å². The molecule has 166 valence electrons. The first kappa shape index (κ1) is 21.7. The number of amides is 1. The average Bonchev–Trinajstić information content (AvgIpc) is 3.23. The van der Waals surface area contributed by atoms with Crippen LogP contribution in [0.25, 0.3) is 0 Å². The van der Waals surface area contributed by atoms with Crippen LogP contribution in [0.5, 0.6) is 0 Å². The maximum Gasteiger partial charge on any atom is 0.243 e. The lowest BCUT2D eigenvalue weighted by molar-refractivity contribution is -0.114. The van der Waals surface area contributed by atoms with Gasteiger partial charge in [-0.2, -0.15) is 0 Å². The van der Waals surface area contributed by atoms with Gasteiger partial charge in [0.25, 0.3) is 0 Å². The molecule has 2 N–H and O–H groups in total. The molecule has 4 rings (SSSR count). The van der Waals surface area contributed by atoms with Gasteiger partial charge in [0.05, 0.1) is 19.8 Å². The SMILES string of the molecule is CC(C)C(C)N1Cc2cccc(NCC(=O)Nc3ccc(N4CCOCC4)cc3)c2C1. The van der Waals surface area contributed by atoms with E-state index in [1.807, 2.05) is 12.1 Å². The van der Waals surface area contributed by atoms with Gasteiger partial charge in [0, 0.05) is 49.3 Å². The molecule has 2 aromatic rings. The monoisotopic (exact) mass is 422 g/mol. The van der Waals surface area contributed by atoms with Gasteiger partial charge >= 0.3 is 0 Å². The lowest BCUT2D eigenvalue weighted by Gasteiger charge is -2.28. The highest BCUT2D eigenvalue weighted by Crippen LogP contribution is 2.32. The van der Waals surface area contributed by atoms with Crippen molar-refractivity contribution in [3.05, 3.63) is 53.6 Å². The molecule has 1 unspecified atom stereocenters. The molecule has 0 bridgehead atoms. The Labute approximate surface area is 185 Å². The highest BCUT2D eigenvalue weighted by atomic mass is 16.5. The van der Waals surface area contributed by atoms with Crippen molar-refractivity contribution in [3.63, 3.8) is 0 Å². The molecule has 31 heavy (non-hydrogen) atoms. The van der Waals surface area contributed by atoms with Gasteiger partial charge in [-0.25, -0.2) is 0 Å². The quantitative estimate of drug-likeness (QED) is 0.708. The van der Waals surface area contributed by atoms with Gasteiger partial charge in [-0.3, -0.25) is 9.69 Å². The Balaban J connectivity index is 1.31. The van der Waals surface area contributed by atoms with E-state index in [-0.39, 0.29) is 12.5 Å². The van der Waals surface area contributed by atoms with Gasteiger partial charge in [0.15, 0.2) is 0 Å². The zero-order valence-corrected chi connectivity index (χ0v) is 18.9. The van der Waals surface area contributed by atoms with Crippen LogP contribution < -0.4 is 15.5 Å². The molecule has 1 saturated heterocycles. The minimum atomic E-state index is -0.0397. The van der Waals surface area contributed by atoms with Gasteiger partial charge in [0.1, 0.15) is 0 Å². The number of morpholine rings is 1. The molecular formula is C25H34N4O2. The standard InChI is InChI=1S/C25H34N4O2/c1-18(2)19(3)29-16-20-5-4-6-24(23(20)17-29)26-15-25(30)27-21-7-9-22(10-8-21)28-11-13-31-14-12-28/h4-10,18-19,26H,11-17H2,1-3H3,(H,27,30). The molecule has 2 aromatic carbocycles. The van der Waals surface area contributed by atoms with E-state index in [1.54, 1.807) is 0 Å². The summed E-state index contributed by atoms with van der Waals surface area (Å²) >= 11 is 0. The van der Waals surface area contributed by atoms with Crippen LogP contribution in [0.1, 0.15) is 31.9 Å². The second-order valence-electron chi connectivity index (χ2n) is 8.88. The third-order valence-electron chi connectivity index (χ3n) is 6.52. The summed E-state index contributed by atoms with van der Waals surface area (Å²) in [5, 5.41) is 6.35. The van der Waals surface area contributed by atoms with Crippen molar-refractivity contribution >= 4 is 23.0 Å². The Morgan fingerprint density at radius 3 is 2.48 bits per heavy atom. The van der Waals surface area contributed by atoms with Crippen molar-refractivity contribution in [3.8, 4) is 0 Å². The number of nitrogens with zero attached hydrogens (tertiary/aromatic N) is 2. The molecule has 2 heterocycles. The van der Waals surface area contributed by atoms with Crippen LogP contribution in [0.3, 0.4) is 0 Å². The molecule has 0 radical (unpaired) electrons. The van der Waals surface area contributed by atoms with Crippen LogP contribution >= 0.6 is 0 Å². The van der Waals surface area contributed by atoms with Crippen LogP contribution in [0.15, 0.2) is 42.5 Å². The maximum absolute atomic E-state index is 12.5. The van der Waals surface area contributed by atoms with E-state index in [2.05, 4.69) is 71.5 Å². The van der Waals surface area contributed by atoms with E-state index in [9.17, 15) is 4.79 Å². The minimum absolute atomic E-state index is 0.0397. The molecule has 1 amide bonds. The Kier molecular flexibility index (Phi) is 6.78. The van der Waals surface area contributed by atoms with Crippen molar-refractivity contribution in [2.24, 2.45) is 5.92 Å². The van der Waals surface area contributed by atoms with Crippen LogP contribution in [0.4, 0.5) is 17.1 Å². The van der Waals surface area contributed by atoms with Crippen molar-refractivity contribution in [2.75, 3.05) is 48.4 Å². The summed E-state index contributed by atoms with van der Waals surface area (Å²) in [7, 11) is 0. The lowest BCUT2D eigenvalue weighted by Crippen LogP contribution is -2.36. The minimum Gasteiger partial charge on any atom is -0.378 e.